The maximum absolute atomic E-state index is 11.5. The first kappa shape index (κ1) is 13.0. The predicted molar refractivity (Wildman–Crippen MR) is 66.2 cm³/mol. The number of ether oxygens (including phenoxy) is 1. The molecule has 0 aromatic rings. The molecule has 0 heterocycles. The number of hydrogen-bond donors (Lipinski definition) is 0. The van der Waals surface area contributed by atoms with Gasteiger partial charge in [-0.2, -0.15) is 0 Å². The molecule has 0 aromatic heterocycles. The zero-order valence-corrected chi connectivity index (χ0v) is 10.4. The number of hydrogen-bond acceptors (Lipinski definition) is 2. The summed E-state index contributed by atoms with van der Waals surface area (Å²) in [6, 6.07) is 0. The minimum Gasteiger partial charge on any atom is -0.463 e. The maximum Gasteiger partial charge on any atom is 0.333 e. The van der Waals surface area contributed by atoms with Gasteiger partial charge in [0, 0.05) is 5.57 Å². The van der Waals surface area contributed by atoms with Crippen molar-refractivity contribution in [2.75, 3.05) is 6.61 Å². The summed E-state index contributed by atoms with van der Waals surface area (Å²) in [5, 5.41) is 0. The highest BCUT2D eigenvalue weighted by Crippen LogP contribution is 2.23. The second-order valence-electron chi connectivity index (χ2n) is 4.14. The van der Waals surface area contributed by atoms with Gasteiger partial charge in [0.25, 0.3) is 0 Å². The third kappa shape index (κ3) is 4.21. The molecule has 0 bridgehead atoms. The van der Waals surface area contributed by atoms with Gasteiger partial charge in [-0.1, -0.05) is 17.7 Å². The van der Waals surface area contributed by atoms with Crippen molar-refractivity contribution in [1.82, 2.24) is 0 Å². The third-order valence-electron chi connectivity index (χ3n) is 2.99. The molecular weight excluding hydrogens is 200 g/mol. The molecule has 1 rings (SSSR count). The van der Waals surface area contributed by atoms with Crippen molar-refractivity contribution in [2.45, 2.75) is 52.4 Å². The van der Waals surface area contributed by atoms with Crippen LogP contribution in [-0.4, -0.2) is 12.6 Å². The highest BCUT2D eigenvalue weighted by Gasteiger charge is 2.11. The molecule has 90 valence electrons. The number of carbonyl (C=O) groups excluding carboxylic acids is 1. The van der Waals surface area contributed by atoms with E-state index in [-0.39, 0.29) is 5.97 Å². The van der Waals surface area contributed by atoms with Gasteiger partial charge < -0.3 is 4.74 Å². The van der Waals surface area contributed by atoms with E-state index in [1.165, 1.54) is 31.3 Å². The molecule has 0 saturated heterocycles. The fourth-order valence-electron chi connectivity index (χ4n) is 2.01. The highest BCUT2D eigenvalue weighted by molar-refractivity contribution is 5.88. The first-order valence-corrected chi connectivity index (χ1v) is 6.28. The molecule has 0 atom stereocenters. The Morgan fingerprint density at radius 2 is 2.31 bits per heavy atom. The van der Waals surface area contributed by atoms with Gasteiger partial charge in [-0.05, 0) is 52.4 Å². The Morgan fingerprint density at radius 1 is 1.50 bits per heavy atom. The van der Waals surface area contributed by atoms with Crippen LogP contribution in [0.2, 0.25) is 0 Å². The normalized spacial score (nSPS) is 16.9. The van der Waals surface area contributed by atoms with E-state index in [4.69, 9.17) is 4.74 Å². The lowest BCUT2D eigenvalue weighted by atomic mass is 9.94. The molecule has 2 nitrogen and oxygen atoms in total. The van der Waals surface area contributed by atoms with E-state index in [9.17, 15) is 4.79 Å². The number of esters is 1. The largest absolute Gasteiger partial charge is 0.463 e. The Bertz CT molecular complexity index is 287. The van der Waals surface area contributed by atoms with Gasteiger partial charge in [0.15, 0.2) is 0 Å². The van der Waals surface area contributed by atoms with Crippen molar-refractivity contribution < 1.29 is 9.53 Å². The molecule has 0 fully saturated rings. The first-order chi connectivity index (χ1) is 7.77. The molecule has 2 heteroatoms. The average molecular weight is 222 g/mol. The van der Waals surface area contributed by atoms with E-state index in [0.29, 0.717) is 6.61 Å². The second kappa shape index (κ2) is 7.26. The molecule has 0 aromatic carbocycles. The smallest absolute Gasteiger partial charge is 0.333 e. The van der Waals surface area contributed by atoms with Crippen LogP contribution in [0, 0.1) is 0 Å². The van der Waals surface area contributed by atoms with Crippen molar-refractivity contribution in [3.05, 3.63) is 23.3 Å². The van der Waals surface area contributed by atoms with E-state index in [2.05, 4.69) is 6.08 Å². The molecular formula is C14H22O2. The van der Waals surface area contributed by atoms with Gasteiger partial charge in [-0.15, -0.1) is 0 Å². The lowest BCUT2D eigenvalue weighted by Gasteiger charge is -2.13. The standard InChI is InChI=1S/C14H22O2/c1-3-13(14(15)16-4-2)11-10-12-8-6-5-7-9-12/h3,8H,4-7,9-11H2,1-2H3/b13-3-. The molecule has 0 radical (unpaired) electrons. The molecule has 1 aliphatic rings. The van der Waals surface area contributed by atoms with Crippen LogP contribution in [0.3, 0.4) is 0 Å². The quantitative estimate of drug-likeness (QED) is 0.402. The SMILES string of the molecule is C/C=C(/CCC1=CCCCC1)C(=O)OCC. The van der Waals surface area contributed by atoms with Gasteiger partial charge in [0.1, 0.15) is 0 Å². The second-order valence-corrected chi connectivity index (χ2v) is 4.14. The molecule has 0 aliphatic heterocycles. The summed E-state index contributed by atoms with van der Waals surface area (Å²) in [6.07, 6.45) is 11.1. The monoisotopic (exact) mass is 222 g/mol. The van der Waals surface area contributed by atoms with Gasteiger partial charge in [0.2, 0.25) is 0 Å². The lowest BCUT2D eigenvalue weighted by Crippen LogP contribution is -2.08. The van der Waals surface area contributed by atoms with E-state index < -0.39 is 0 Å². The Morgan fingerprint density at radius 3 is 2.88 bits per heavy atom. The van der Waals surface area contributed by atoms with Crippen molar-refractivity contribution in [2.24, 2.45) is 0 Å². The molecule has 16 heavy (non-hydrogen) atoms. The zero-order chi connectivity index (χ0) is 11.8. The van der Waals surface area contributed by atoms with Crippen LogP contribution >= 0.6 is 0 Å². The number of rotatable bonds is 5. The molecule has 0 spiro atoms. The number of allylic oxidation sites excluding steroid dienone is 3. The zero-order valence-electron chi connectivity index (χ0n) is 10.4. The van der Waals surface area contributed by atoms with Crippen LogP contribution in [-0.2, 0) is 9.53 Å². The van der Waals surface area contributed by atoms with Crippen molar-refractivity contribution >= 4 is 5.97 Å². The van der Waals surface area contributed by atoms with E-state index in [1.54, 1.807) is 0 Å². The van der Waals surface area contributed by atoms with Crippen LogP contribution in [0.5, 0.6) is 0 Å². The van der Waals surface area contributed by atoms with Crippen molar-refractivity contribution in [3.63, 3.8) is 0 Å². The first-order valence-electron chi connectivity index (χ1n) is 6.28. The van der Waals surface area contributed by atoms with Gasteiger partial charge in [0.05, 0.1) is 6.61 Å². The van der Waals surface area contributed by atoms with Gasteiger partial charge in [-0.3, -0.25) is 0 Å². The van der Waals surface area contributed by atoms with E-state index in [0.717, 1.165) is 18.4 Å². The minimum atomic E-state index is -0.151. The lowest BCUT2D eigenvalue weighted by molar-refractivity contribution is -0.138. The van der Waals surface area contributed by atoms with Crippen LogP contribution in [0.4, 0.5) is 0 Å². The van der Waals surface area contributed by atoms with Crippen LogP contribution in [0.1, 0.15) is 52.4 Å². The van der Waals surface area contributed by atoms with Crippen LogP contribution in [0.15, 0.2) is 23.3 Å². The Balaban J connectivity index is 2.39. The number of carbonyl (C=O) groups is 1. The topological polar surface area (TPSA) is 26.3 Å². The summed E-state index contributed by atoms with van der Waals surface area (Å²) in [7, 11) is 0. The molecule has 0 unspecified atom stereocenters. The van der Waals surface area contributed by atoms with Gasteiger partial charge >= 0.3 is 5.97 Å². The van der Waals surface area contributed by atoms with Crippen LogP contribution in [0.25, 0.3) is 0 Å². The summed E-state index contributed by atoms with van der Waals surface area (Å²) < 4.78 is 5.01. The van der Waals surface area contributed by atoms with E-state index in [1.807, 2.05) is 19.9 Å². The summed E-state index contributed by atoms with van der Waals surface area (Å²) in [5.41, 5.74) is 2.32. The fourth-order valence-corrected chi connectivity index (χ4v) is 2.01. The van der Waals surface area contributed by atoms with Crippen molar-refractivity contribution in [1.29, 1.82) is 0 Å². The van der Waals surface area contributed by atoms with E-state index >= 15 is 0 Å². The fraction of sp³-hybridized carbons (Fsp3) is 0.643. The Kier molecular flexibility index (Phi) is 5.91. The highest BCUT2D eigenvalue weighted by atomic mass is 16.5. The minimum absolute atomic E-state index is 0.151. The Labute approximate surface area is 98.4 Å². The van der Waals surface area contributed by atoms with Gasteiger partial charge in [-0.25, -0.2) is 4.79 Å². The third-order valence-corrected chi connectivity index (χ3v) is 2.99. The maximum atomic E-state index is 11.5. The molecule has 1 aliphatic carbocycles. The molecule has 0 saturated carbocycles. The summed E-state index contributed by atoms with van der Waals surface area (Å²) in [4.78, 5) is 11.5. The predicted octanol–water partition coefficient (Wildman–Crippen LogP) is 3.78. The summed E-state index contributed by atoms with van der Waals surface area (Å²) in [5.74, 6) is -0.151. The van der Waals surface area contributed by atoms with Crippen molar-refractivity contribution in [3.8, 4) is 0 Å². The average Bonchev–Trinajstić information content (AvgIpc) is 2.31. The molecule has 0 amide bonds. The summed E-state index contributed by atoms with van der Waals surface area (Å²) >= 11 is 0. The molecule has 0 N–H and O–H groups in total. The summed E-state index contributed by atoms with van der Waals surface area (Å²) in [6.45, 7) is 4.20. The van der Waals surface area contributed by atoms with Crippen LogP contribution < -0.4 is 0 Å². The Hall–Kier alpha value is -1.05.